The third kappa shape index (κ3) is 3.09. The molecule has 90 valence electrons. The van der Waals surface area contributed by atoms with Gasteiger partial charge in [0.1, 0.15) is 6.61 Å². The average Bonchev–Trinajstić information content (AvgIpc) is 2.59. The Morgan fingerprint density at radius 3 is 2.59 bits per heavy atom. The van der Waals surface area contributed by atoms with Crippen molar-refractivity contribution in [3.63, 3.8) is 0 Å². The first-order chi connectivity index (χ1) is 7.96. The number of ketones is 1. The summed E-state index contributed by atoms with van der Waals surface area (Å²) in [6, 6.07) is 7.25. The molecule has 0 radical (unpaired) electrons. The number of nitrogens with one attached hydrogen (secondary N) is 1. The van der Waals surface area contributed by atoms with Crippen molar-refractivity contribution in [3.8, 4) is 0 Å². The molecule has 0 spiro atoms. The molecule has 0 aliphatic carbocycles. The summed E-state index contributed by atoms with van der Waals surface area (Å²) in [7, 11) is 0. The maximum Gasteiger partial charge on any atom is 0.191 e. The van der Waals surface area contributed by atoms with E-state index in [9.17, 15) is 4.79 Å². The zero-order valence-corrected chi connectivity index (χ0v) is 11.4. The molecule has 0 aromatic heterocycles. The largest absolute Gasteiger partial charge is 0.477 e. The Labute approximate surface area is 109 Å². The Bertz CT molecular complexity index is 463. The van der Waals surface area contributed by atoms with Crippen LogP contribution in [0.4, 0.5) is 0 Å². The maximum atomic E-state index is 11.9. The zero-order valence-electron chi connectivity index (χ0n) is 9.79. The summed E-state index contributed by atoms with van der Waals surface area (Å²) >= 11 is 3.33. The summed E-state index contributed by atoms with van der Waals surface area (Å²) in [6.45, 7) is 4.63. The number of hydrogen-bond acceptors (Lipinski definition) is 3. The minimum absolute atomic E-state index is 0.0577. The second-order valence-electron chi connectivity index (χ2n) is 4.68. The minimum Gasteiger partial charge on any atom is -0.477 e. The predicted molar refractivity (Wildman–Crippen MR) is 69.7 cm³/mol. The van der Waals surface area contributed by atoms with Crippen molar-refractivity contribution in [2.24, 2.45) is 0 Å². The highest BCUT2D eigenvalue weighted by Gasteiger charge is 2.27. The molecule has 1 aliphatic heterocycles. The average molecular weight is 296 g/mol. The predicted octanol–water partition coefficient (Wildman–Crippen LogP) is 2.87. The number of allylic oxidation sites excluding steroid dienone is 1. The molecule has 0 saturated carbocycles. The van der Waals surface area contributed by atoms with Crippen LogP contribution in [0.25, 0.3) is 0 Å². The molecule has 1 N–H and O–H groups in total. The lowest BCUT2D eigenvalue weighted by Crippen LogP contribution is -2.34. The number of carbonyl (C=O) groups excluding carboxylic acids is 1. The van der Waals surface area contributed by atoms with Crippen LogP contribution in [0.1, 0.15) is 24.2 Å². The quantitative estimate of drug-likeness (QED) is 0.673. The standard InChI is InChI=1S/C13H14BrNO2/c1-13(2)8-17-12(15-13)7-11(16)9-3-5-10(14)6-4-9/h3-7,15H,8H2,1-2H3/b12-7+. The van der Waals surface area contributed by atoms with Gasteiger partial charge >= 0.3 is 0 Å². The molecular weight excluding hydrogens is 282 g/mol. The fourth-order valence-electron chi connectivity index (χ4n) is 1.56. The zero-order chi connectivity index (χ0) is 12.5. The lowest BCUT2D eigenvalue weighted by molar-refractivity contribution is 0.104. The van der Waals surface area contributed by atoms with Gasteiger partial charge in [-0.25, -0.2) is 0 Å². The molecule has 3 nitrogen and oxygen atoms in total. The lowest BCUT2D eigenvalue weighted by Gasteiger charge is -2.13. The second kappa shape index (κ2) is 4.53. The van der Waals surface area contributed by atoms with Crippen molar-refractivity contribution in [1.82, 2.24) is 5.32 Å². The molecule has 4 heteroatoms. The van der Waals surface area contributed by atoms with Crippen LogP contribution in [0, 0.1) is 0 Å². The van der Waals surface area contributed by atoms with Crippen LogP contribution in [0.5, 0.6) is 0 Å². The van der Waals surface area contributed by atoms with Crippen LogP contribution in [-0.4, -0.2) is 17.9 Å². The minimum atomic E-state index is -0.105. The molecule has 1 aromatic rings. The molecule has 17 heavy (non-hydrogen) atoms. The Balaban J connectivity index is 2.12. The number of rotatable bonds is 2. The van der Waals surface area contributed by atoms with E-state index in [1.807, 2.05) is 26.0 Å². The molecular formula is C13H14BrNO2. The van der Waals surface area contributed by atoms with E-state index >= 15 is 0 Å². The summed E-state index contributed by atoms with van der Waals surface area (Å²) in [5, 5.41) is 3.15. The number of carbonyl (C=O) groups is 1. The summed E-state index contributed by atoms with van der Waals surface area (Å²) in [4.78, 5) is 11.9. The third-order valence-electron chi connectivity index (χ3n) is 2.44. The van der Waals surface area contributed by atoms with E-state index in [0.29, 0.717) is 18.1 Å². The molecule has 0 amide bonds. The van der Waals surface area contributed by atoms with Crippen molar-refractivity contribution in [2.45, 2.75) is 19.4 Å². The summed E-state index contributed by atoms with van der Waals surface area (Å²) < 4.78 is 6.36. The van der Waals surface area contributed by atoms with Gasteiger partial charge in [0, 0.05) is 16.1 Å². The van der Waals surface area contributed by atoms with Crippen LogP contribution in [0.3, 0.4) is 0 Å². The molecule has 0 unspecified atom stereocenters. The van der Waals surface area contributed by atoms with Gasteiger partial charge in [-0.15, -0.1) is 0 Å². The van der Waals surface area contributed by atoms with Crippen molar-refractivity contribution >= 4 is 21.7 Å². The first-order valence-electron chi connectivity index (χ1n) is 5.39. The lowest BCUT2D eigenvalue weighted by atomic mass is 10.1. The number of halogens is 1. The van der Waals surface area contributed by atoms with Crippen LogP contribution in [-0.2, 0) is 4.74 Å². The van der Waals surface area contributed by atoms with Crippen LogP contribution >= 0.6 is 15.9 Å². The normalized spacial score (nSPS) is 19.8. The number of hydrogen-bond donors (Lipinski definition) is 1. The van der Waals surface area contributed by atoms with Gasteiger partial charge in [0.25, 0.3) is 0 Å². The Kier molecular flexibility index (Phi) is 3.24. The van der Waals surface area contributed by atoms with Crippen molar-refractivity contribution < 1.29 is 9.53 Å². The molecule has 1 aromatic carbocycles. The van der Waals surface area contributed by atoms with Gasteiger partial charge in [0.05, 0.1) is 5.54 Å². The van der Waals surface area contributed by atoms with Gasteiger partial charge in [-0.2, -0.15) is 0 Å². The molecule has 1 aliphatic rings. The van der Waals surface area contributed by atoms with Gasteiger partial charge in [-0.3, -0.25) is 4.79 Å². The number of ether oxygens (including phenoxy) is 1. The Hall–Kier alpha value is -1.29. The highest BCUT2D eigenvalue weighted by atomic mass is 79.9. The van der Waals surface area contributed by atoms with Crippen molar-refractivity contribution in [2.75, 3.05) is 6.61 Å². The SMILES string of the molecule is CC1(C)CO/C(=C/C(=O)c2ccc(Br)cc2)N1. The van der Waals surface area contributed by atoms with E-state index in [0.717, 1.165) is 4.47 Å². The van der Waals surface area contributed by atoms with Gasteiger partial charge in [0.2, 0.25) is 0 Å². The topological polar surface area (TPSA) is 38.3 Å². The van der Waals surface area contributed by atoms with E-state index in [-0.39, 0.29) is 11.3 Å². The molecule has 1 saturated heterocycles. The van der Waals surface area contributed by atoms with Crippen LogP contribution in [0.2, 0.25) is 0 Å². The smallest absolute Gasteiger partial charge is 0.191 e. The Morgan fingerprint density at radius 1 is 1.41 bits per heavy atom. The summed E-state index contributed by atoms with van der Waals surface area (Å²) in [5.74, 6) is 0.487. The molecule has 0 atom stereocenters. The van der Waals surface area contributed by atoms with Crippen LogP contribution in [0.15, 0.2) is 40.7 Å². The molecule has 2 rings (SSSR count). The molecule has 1 heterocycles. The van der Waals surface area contributed by atoms with E-state index in [1.165, 1.54) is 6.08 Å². The van der Waals surface area contributed by atoms with Crippen molar-refractivity contribution in [3.05, 3.63) is 46.3 Å². The molecule has 0 bridgehead atoms. The highest BCUT2D eigenvalue weighted by molar-refractivity contribution is 9.10. The first-order valence-corrected chi connectivity index (χ1v) is 6.18. The van der Waals surface area contributed by atoms with Gasteiger partial charge < -0.3 is 10.1 Å². The number of benzene rings is 1. The van der Waals surface area contributed by atoms with E-state index in [2.05, 4.69) is 21.2 Å². The van der Waals surface area contributed by atoms with Crippen LogP contribution < -0.4 is 5.32 Å². The summed E-state index contributed by atoms with van der Waals surface area (Å²) in [5.41, 5.74) is 0.544. The third-order valence-corrected chi connectivity index (χ3v) is 2.97. The fraction of sp³-hybridized carbons (Fsp3) is 0.308. The first kappa shape index (κ1) is 12.2. The summed E-state index contributed by atoms with van der Waals surface area (Å²) in [6.07, 6.45) is 1.50. The Morgan fingerprint density at radius 2 is 2.06 bits per heavy atom. The van der Waals surface area contributed by atoms with Gasteiger partial charge in [0.15, 0.2) is 11.7 Å². The maximum absolute atomic E-state index is 11.9. The van der Waals surface area contributed by atoms with E-state index < -0.39 is 0 Å². The molecule has 1 fully saturated rings. The van der Waals surface area contributed by atoms with Crippen molar-refractivity contribution in [1.29, 1.82) is 0 Å². The van der Waals surface area contributed by atoms with E-state index in [1.54, 1.807) is 12.1 Å². The van der Waals surface area contributed by atoms with Gasteiger partial charge in [-0.1, -0.05) is 15.9 Å². The highest BCUT2D eigenvalue weighted by Crippen LogP contribution is 2.17. The monoisotopic (exact) mass is 295 g/mol. The van der Waals surface area contributed by atoms with Gasteiger partial charge in [-0.05, 0) is 38.1 Å². The fourth-order valence-corrected chi connectivity index (χ4v) is 1.82. The second-order valence-corrected chi connectivity index (χ2v) is 5.59. The van der Waals surface area contributed by atoms with E-state index in [4.69, 9.17) is 4.74 Å².